The Morgan fingerprint density at radius 1 is 1.34 bits per heavy atom. The summed E-state index contributed by atoms with van der Waals surface area (Å²) in [6.07, 6.45) is -0.0508. The van der Waals surface area contributed by atoms with Crippen LogP contribution >= 0.6 is 11.3 Å². The van der Waals surface area contributed by atoms with E-state index in [1.165, 1.54) is 34.4 Å². The summed E-state index contributed by atoms with van der Waals surface area (Å²) in [6.45, 7) is 7.49. The van der Waals surface area contributed by atoms with Crippen molar-refractivity contribution in [3.05, 3.63) is 62.6 Å². The molecule has 0 fully saturated rings. The lowest BCUT2D eigenvalue weighted by Gasteiger charge is -2.27. The van der Waals surface area contributed by atoms with E-state index in [0.717, 1.165) is 0 Å². The highest BCUT2D eigenvalue weighted by molar-refractivity contribution is 7.14. The van der Waals surface area contributed by atoms with Crippen molar-refractivity contribution in [2.45, 2.75) is 39.8 Å². The van der Waals surface area contributed by atoms with Gasteiger partial charge in [-0.25, -0.2) is 9.37 Å². The Labute approximate surface area is 172 Å². The van der Waals surface area contributed by atoms with Crippen molar-refractivity contribution in [3.63, 3.8) is 0 Å². The molecule has 2 heterocycles. The maximum atomic E-state index is 14.6. The maximum Gasteiger partial charge on any atom is 0.290 e. The average Bonchev–Trinajstić information content (AvgIpc) is 3.12. The number of rotatable bonds is 7. The third kappa shape index (κ3) is 4.09. The highest BCUT2D eigenvalue weighted by atomic mass is 32.1. The zero-order chi connectivity index (χ0) is 21.3. The molecule has 154 valence electrons. The predicted octanol–water partition coefficient (Wildman–Crippen LogP) is 3.90. The molecule has 2 aromatic rings. The number of aliphatic hydroxyl groups excluding tert-OH is 1. The Morgan fingerprint density at radius 2 is 2.03 bits per heavy atom. The van der Waals surface area contributed by atoms with Gasteiger partial charge in [-0.3, -0.25) is 9.59 Å². The number of thiazole rings is 1. The lowest BCUT2D eigenvalue weighted by atomic mass is 9.94. The Bertz CT molecular complexity index is 983. The molecule has 1 aromatic carbocycles. The summed E-state index contributed by atoms with van der Waals surface area (Å²) in [7, 11) is 0. The number of carbonyl (C=O) groups is 2. The number of halogens is 1. The Balaban J connectivity index is 2.06. The summed E-state index contributed by atoms with van der Waals surface area (Å²) in [6, 6.07) is 4.91. The molecule has 0 radical (unpaired) electrons. The van der Waals surface area contributed by atoms with E-state index >= 15 is 0 Å². The van der Waals surface area contributed by atoms with Crippen molar-refractivity contribution in [1.82, 2.24) is 9.88 Å². The number of aryl methyl sites for hydroxylation is 2. The smallest absolute Gasteiger partial charge is 0.290 e. The number of amides is 1. The summed E-state index contributed by atoms with van der Waals surface area (Å²) < 4.78 is 20.2. The summed E-state index contributed by atoms with van der Waals surface area (Å²) in [5.74, 6) is -2.44. The Morgan fingerprint density at radius 3 is 2.62 bits per heavy atom. The number of aromatic nitrogens is 1. The van der Waals surface area contributed by atoms with Crippen LogP contribution in [0.25, 0.3) is 0 Å². The van der Waals surface area contributed by atoms with E-state index in [4.69, 9.17) is 4.74 Å². The molecule has 6 nitrogen and oxygen atoms in total. The first-order valence-corrected chi connectivity index (χ1v) is 10.1. The van der Waals surface area contributed by atoms with Crippen LogP contribution in [0, 0.1) is 19.7 Å². The zero-order valence-corrected chi connectivity index (χ0v) is 17.5. The number of aliphatic hydroxyl groups is 1. The fourth-order valence-electron chi connectivity index (χ4n) is 3.39. The van der Waals surface area contributed by atoms with Gasteiger partial charge in [0.2, 0.25) is 5.78 Å². The fourth-order valence-corrected chi connectivity index (χ4v) is 4.26. The van der Waals surface area contributed by atoms with E-state index in [0.29, 0.717) is 15.6 Å². The molecule has 0 spiro atoms. The van der Waals surface area contributed by atoms with Crippen LogP contribution in [0.15, 0.2) is 35.6 Å². The van der Waals surface area contributed by atoms with Crippen LogP contribution in [0.2, 0.25) is 0 Å². The molecule has 1 amide bonds. The van der Waals surface area contributed by atoms with Gasteiger partial charge < -0.3 is 14.7 Å². The largest absolute Gasteiger partial charge is 0.503 e. The molecule has 1 atom stereocenters. The van der Waals surface area contributed by atoms with Crippen molar-refractivity contribution in [2.24, 2.45) is 0 Å². The minimum absolute atomic E-state index is 0.0508. The quantitative estimate of drug-likeness (QED) is 0.690. The van der Waals surface area contributed by atoms with E-state index in [2.05, 4.69) is 4.98 Å². The van der Waals surface area contributed by atoms with E-state index in [9.17, 15) is 19.1 Å². The molecule has 0 saturated carbocycles. The van der Waals surface area contributed by atoms with Crippen LogP contribution in [0.1, 0.15) is 45.8 Å². The third-order valence-electron chi connectivity index (χ3n) is 4.64. The van der Waals surface area contributed by atoms with Gasteiger partial charge in [0.15, 0.2) is 5.76 Å². The number of Topliss-reactive ketones (excluding diaryl/α,β-unsaturated/α-hetero) is 1. The molecule has 8 heteroatoms. The second-order valence-corrected chi connectivity index (χ2v) is 8.28. The van der Waals surface area contributed by atoms with Crippen molar-refractivity contribution < 1.29 is 23.8 Å². The van der Waals surface area contributed by atoms with E-state index in [1.807, 2.05) is 13.8 Å². The van der Waals surface area contributed by atoms with Crippen LogP contribution in [0.3, 0.4) is 0 Å². The number of hydrogen-bond acceptors (Lipinski definition) is 6. The molecule has 1 N–H and O–H groups in total. The first kappa shape index (κ1) is 21.1. The van der Waals surface area contributed by atoms with Crippen LogP contribution in [-0.2, 0) is 9.53 Å². The lowest BCUT2D eigenvalue weighted by Crippen LogP contribution is -2.35. The van der Waals surface area contributed by atoms with Crippen molar-refractivity contribution in [3.8, 4) is 0 Å². The summed E-state index contributed by atoms with van der Waals surface area (Å²) in [5, 5.41) is 11.3. The maximum absolute atomic E-state index is 14.6. The number of hydrogen-bond donors (Lipinski definition) is 1. The highest BCUT2D eigenvalue weighted by Gasteiger charge is 2.45. The number of ketones is 1. The van der Waals surface area contributed by atoms with Crippen molar-refractivity contribution >= 4 is 23.0 Å². The molecule has 1 unspecified atom stereocenters. The lowest BCUT2D eigenvalue weighted by molar-refractivity contribution is -0.130. The molecule has 1 aromatic heterocycles. The van der Waals surface area contributed by atoms with Crippen LogP contribution in [-0.4, -0.2) is 45.9 Å². The van der Waals surface area contributed by atoms with Gasteiger partial charge in [0.25, 0.3) is 5.91 Å². The molecule has 0 saturated heterocycles. The Kier molecular flexibility index (Phi) is 6.14. The number of benzene rings is 1. The second-order valence-electron chi connectivity index (χ2n) is 7.08. The van der Waals surface area contributed by atoms with Gasteiger partial charge in [-0.05, 0) is 33.8 Å². The molecule has 0 aliphatic carbocycles. The van der Waals surface area contributed by atoms with Gasteiger partial charge >= 0.3 is 0 Å². The standard InChI is InChI=1S/C21H23FN2O4S/c1-11(2)28-10-9-24-17(14-7-5-6-8-15(14)22)16(19(26)21(24)27)18(25)20-12(3)23-13(4)29-20/h5-8,11,17,26H,9-10H2,1-4H3. The zero-order valence-electron chi connectivity index (χ0n) is 16.7. The molecule has 3 rings (SSSR count). The monoisotopic (exact) mass is 418 g/mol. The predicted molar refractivity (Wildman–Crippen MR) is 108 cm³/mol. The summed E-state index contributed by atoms with van der Waals surface area (Å²) in [5.41, 5.74) is 0.534. The van der Waals surface area contributed by atoms with Crippen LogP contribution in [0.5, 0.6) is 0 Å². The number of nitrogens with zero attached hydrogens (tertiary/aromatic N) is 2. The first-order chi connectivity index (χ1) is 13.7. The van der Waals surface area contributed by atoms with Crippen LogP contribution in [0.4, 0.5) is 4.39 Å². The van der Waals surface area contributed by atoms with E-state index < -0.39 is 29.3 Å². The van der Waals surface area contributed by atoms with Gasteiger partial charge in [0.1, 0.15) is 5.82 Å². The second kappa shape index (κ2) is 8.42. The normalized spacial score (nSPS) is 17.0. The van der Waals surface area contributed by atoms with Gasteiger partial charge in [0, 0.05) is 12.1 Å². The van der Waals surface area contributed by atoms with Crippen LogP contribution < -0.4 is 0 Å². The molecular formula is C21H23FN2O4S. The van der Waals surface area contributed by atoms with Gasteiger partial charge in [-0.2, -0.15) is 0 Å². The van der Waals surface area contributed by atoms with Gasteiger partial charge in [0.05, 0.1) is 39.9 Å². The van der Waals surface area contributed by atoms with E-state index in [1.54, 1.807) is 19.9 Å². The molecule has 0 bridgehead atoms. The minimum atomic E-state index is -1.03. The number of ether oxygens (including phenoxy) is 1. The average molecular weight is 418 g/mol. The number of carbonyl (C=O) groups excluding carboxylic acids is 2. The molecular weight excluding hydrogens is 395 g/mol. The van der Waals surface area contributed by atoms with E-state index in [-0.39, 0.29) is 30.4 Å². The van der Waals surface area contributed by atoms with Crippen molar-refractivity contribution in [2.75, 3.05) is 13.2 Å². The SMILES string of the molecule is Cc1nc(C)c(C(=O)C2=C(O)C(=O)N(CCOC(C)C)C2c2ccccc2F)s1. The summed E-state index contributed by atoms with van der Waals surface area (Å²) in [4.78, 5) is 31.9. The van der Waals surface area contributed by atoms with Crippen molar-refractivity contribution in [1.29, 1.82) is 0 Å². The minimum Gasteiger partial charge on any atom is -0.503 e. The van der Waals surface area contributed by atoms with Gasteiger partial charge in [-0.15, -0.1) is 11.3 Å². The highest BCUT2D eigenvalue weighted by Crippen LogP contribution is 2.40. The molecule has 1 aliphatic heterocycles. The third-order valence-corrected chi connectivity index (χ3v) is 5.71. The first-order valence-electron chi connectivity index (χ1n) is 9.31. The topological polar surface area (TPSA) is 79.7 Å². The Hall–Kier alpha value is -2.58. The molecule has 1 aliphatic rings. The fraction of sp³-hybridized carbons (Fsp3) is 0.381. The summed E-state index contributed by atoms with van der Waals surface area (Å²) >= 11 is 1.18. The molecule has 29 heavy (non-hydrogen) atoms. The van der Waals surface area contributed by atoms with Gasteiger partial charge in [-0.1, -0.05) is 18.2 Å².